The minimum absolute atomic E-state index is 0.0694. The maximum absolute atomic E-state index is 13.4. The maximum atomic E-state index is 13.4. The predicted molar refractivity (Wildman–Crippen MR) is 139 cm³/mol. The number of anilines is 2. The molecule has 5 rings (SSSR count). The summed E-state index contributed by atoms with van der Waals surface area (Å²) in [6.07, 6.45) is 0. The lowest BCUT2D eigenvalue weighted by Gasteiger charge is -2.24. The highest BCUT2D eigenvalue weighted by molar-refractivity contribution is 6.08. The first-order valence-electron chi connectivity index (χ1n) is 11.3. The first-order valence-corrected chi connectivity index (χ1v) is 11.3. The monoisotopic (exact) mass is 477 g/mol. The lowest BCUT2D eigenvalue weighted by Crippen LogP contribution is -2.30. The van der Waals surface area contributed by atoms with Crippen molar-refractivity contribution in [3.05, 3.63) is 120 Å². The van der Waals surface area contributed by atoms with E-state index in [0.717, 1.165) is 22.5 Å². The average molecular weight is 478 g/mol. The van der Waals surface area contributed by atoms with Crippen molar-refractivity contribution in [1.82, 2.24) is 4.98 Å². The zero-order chi connectivity index (χ0) is 25.1. The Morgan fingerprint density at radius 3 is 2.25 bits per heavy atom. The molecule has 5 aromatic rings. The molecule has 0 radical (unpaired) electrons. The van der Waals surface area contributed by atoms with Gasteiger partial charge in [0.2, 0.25) is 0 Å². The summed E-state index contributed by atoms with van der Waals surface area (Å²) in [4.78, 5) is 30.8. The number of rotatable bonds is 6. The predicted octanol–water partition coefficient (Wildman–Crippen LogP) is 5.68. The second-order valence-corrected chi connectivity index (χ2v) is 8.35. The molecule has 7 heteroatoms. The number of carbonyl (C=O) groups is 2. The fourth-order valence-corrected chi connectivity index (χ4v) is 4.01. The van der Waals surface area contributed by atoms with Crippen LogP contribution in [0.1, 0.15) is 26.4 Å². The molecule has 0 saturated heterocycles. The van der Waals surface area contributed by atoms with Gasteiger partial charge in [0.15, 0.2) is 0 Å². The zero-order valence-electron chi connectivity index (χ0n) is 19.2. The van der Waals surface area contributed by atoms with Crippen LogP contribution in [0.3, 0.4) is 0 Å². The first-order chi connectivity index (χ1) is 17.5. The molecular formula is C29H23N3O4. The molecule has 0 atom stereocenters. The summed E-state index contributed by atoms with van der Waals surface area (Å²) in [5, 5.41) is 23.7. The minimum atomic E-state index is -0.425. The second-order valence-electron chi connectivity index (χ2n) is 8.35. The van der Waals surface area contributed by atoms with Crippen LogP contribution in [-0.2, 0) is 6.54 Å². The van der Waals surface area contributed by atoms with Gasteiger partial charge in [0.25, 0.3) is 11.8 Å². The molecule has 0 aliphatic carbocycles. The lowest BCUT2D eigenvalue weighted by atomic mass is 10.1. The number of phenolic OH excluding ortho intramolecular Hbond substituents is 2. The Hall–Kier alpha value is -5.04. The van der Waals surface area contributed by atoms with Crippen molar-refractivity contribution in [2.45, 2.75) is 6.54 Å². The van der Waals surface area contributed by atoms with Crippen molar-refractivity contribution < 1.29 is 19.8 Å². The summed E-state index contributed by atoms with van der Waals surface area (Å²) in [6.45, 7) is 0.265. The first kappa shape index (κ1) is 22.7. The molecule has 0 fully saturated rings. The third kappa shape index (κ3) is 4.76. The topological polar surface area (TPSA) is 106 Å². The Morgan fingerprint density at radius 1 is 0.806 bits per heavy atom. The van der Waals surface area contributed by atoms with Crippen LogP contribution >= 0.6 is 0 Å². The number of hydrogen-bond donors (Lipinski definition) is 4. The zero-order valence-corrected chi connectivity index (χ0v) is 19.2. The van der Waals surface area contributed by atoms with Gasteiger partial charge in [-0.05, 0) is 54.1 Å². The molecule has 0 aliphatic rings. The van der Waals surface area contributed by atoms with E-state index in [2.05, 4.69) is 10.3 Å². The number of phenols is 2. The van der Waals surface area contributed by atoms with Gasteiger partial charge in [-0.1, -0.05) is 48.5 Å². The van der Waals surface area contributed by atoms with E-state index in [9.17, 15) is 19.8 Å². The molecule has 0 saturated carbocycles. The van der Waals surface area contributed by atoms with Crippen LogP contribution in [0.25, 0.3) is 10.9 Å². The number of H-pyrrole nitrogens is 1. The van der Waals surface area contributed by atoms with Gasteiger partial charge in [0.05, 0.1) is 12.1 Å². The summed E-state index contributed by atoms with van der Waals surface area (Å²) in [7, 11) is 0. The number of nitrogens with one attached hydrogen (secondary N) is 2. The second kappa shape index (κ2) is 9.68. The van der Waals surface area contributed by atoms with Crippen LogP contribution in [0, 0.1) is 0 Å². The largest absolute Gasteiger partial charge is 0.508 e. The number of para-hydroxylation sites is 1. The van der Waals surface area contributed by atoms with Crippen LogP contribution in [-0.4, -0.2) is 27.0 Å². The smallest absolute Gasteiger partial charge is 0.272 e. The van der Waals surface area contributed by atoms with Crippen molar-refractivity contribution in [2.75, 3.05) is 10.2 Å². The number of amides is 2. The molecule has 7 nitrogen and oxygen atoms in total. The molecule has 1 heterocycles. The van der Waals surface area contributed by atoms with Crippen molar-refractivity contribution in [3.63, 3.8) is 0 Å². The third-order valence-corrected chi connectivity index (χ3v) is 5.85. The van der Waals surface area contributed by atoms with Crippen molar-refractivity contribution in [1.29, 1.82) is 0 Å². The molecule has 0 unspecified atom stereocenters. The van der Waals surface area contributed by atoms with Gasteiger partial charge in [-0.2, -0.15) is 0 Å². The Bertz CT molecular complexity index is 1510. The minimum Gasteiger partial charge on any atom is -0.508 e. The van der Waals surface area contributed by atoms with Gasteiger partial charge < -0.3 is 25.4 Å². The summed E-state index contributed by atoms with van der Waals surface area (Å²) >= 11 is 0. The normalized spacial score (nSPS) is 10.8. The van der Waals surface area contributed by atoms with E-state index >= 15 is 0 Å². The molecule has 36 heavy (non-hydrogen) atoms. The fourth-order valence-electron chi connectivity index (χ4n) is 4.01. The fraction of sp³-hybridized carbons (Fsp3) is 0.0345. The lowest BCUT2D eigenvalue weighted by molar-refractivity contribution is 0.0980. The Morgan fingerprint density at radius 2 is 1.53 bits per heavy atom. The number of aromatic nitrogens is 1. The average Bonchev–Trinajstić information content (AvgIpc) is 3.33. The molecule has 4 aromatic carbocycles. The van der Waals surface area contributed by atoms with Gasteiger partial charge >= 0.3 is 0 Å². The van der Waals surface area contributed by atoms with E-state index in [1.807, 2.05) is 54.6 Å². The molecule has 4 N–H and O–H groups in total. The summed E-state index contributed by atoms with van der Waals surface area (Å²) < 4.78 is 0. The van der Waals surface area contributed by atoms with E-state index < -0.39 is 5.91 Å². The standard InChI is InChI=1S/C29H23N3O4/c33-23-14-15-24(27(34)17-23)29(36)32(18-19-6-2-1-3-7-19)22-12-10-21(11-13-22)30-28(35)26-16-20-8-4-5-9-25(20)31-26/h1-17,31,33-34H,18H2,(H,30,35). The van der Waals surface area contributed by atoms with Crippen molar-refractivity contribution in [3.8, 4) is 11.5 Å². The Kier molecular flexibility index (Phi) is 6.11. The molecule has 1 aromatic heterocycles. The Balaban J connectivity index is 1.40. The summed E-state index contributed by atoms with van der Waals surface area (Å²) in [5.41, 5.74) is 3.46. The molecule has 0 spiro atoms. The van der Waals surface area contributed by atoms with Crippen LogP contribution in [0.5, 0.6) is 11.5 Å². The number of aromatic hydroxyl groups is 2. The summed E-state index contributed by atoms with van der Waals surface area (Å²) in [6, 6.07) is 29.7. The van der Waals surface area contributed by atoms with E-state index in [-0.39, 0.29) is 29.5 Å². The van der Waals surface area contributed by atoms with E-state index in [1.165, 1.54) is 17.0 Å². The highest BCUT2D eigenvalue weighted by Crippen LogP contribution is 2.28. The van der Waals surface area contributed by atoms with Gasteiger partial charge in [-0.25, -0.2) is 0 Å². The van der Waals surface area contributed by atoms with Gasteiger partial charge in [0.1, 0.15) is 17.2 Å². The van der Waals surface area contributed by atoms with Crippen LogP contribution in [0.2, 0.25) is 0 Å². The third-order valence-electron chi connectivity index (χ3n) is 5.85. The quantitative estimate of drug-likeness (QED) is 0.253. The van der Waals surface area contributed by atoms with Crippen molar-refractivity contribution in [2.24, 2.45) is 0 Å². The molecule has 0 bridgehead atoms. The maximum Gasteiger partial charge on any atom is 0.272 e. The number of fused-ring (bicyclic) bond motifs is 1. The highest BCUT2D eigenvalue weighted by Gasteiger charge is 2.22. The Labute approximate surface area is 207 Å². The van der Waals surface area contributed by atoms with Gasteiger partial charge in [-0.15, -0.1) is 0 Å². The molecule has 0 aliphatic heterocycles. The number of nitrogens with zero attached hydrogens (tertiary/aromatic N) is 1. The van der Waals surface area contributed by atoms with Crippen LogP contribution in [0.15, 0.2) is 103 Å². The number of hydrogen-bond acceptors (Lipinski definition) is 4. The SMILES string of the molecule is O=C(Nc1ccc(N(Cc2ccccc2)C(=O)c2ccc(O)cc2O)cc1)c1cc2ccccc2[nH]1. The van der Waals surface area contributed by atoms with Crippen LogP contribution in [0.4, 0.5) is 11.4 Å². The van der Waals surface area contributed by atoms with E-state index in [4.69, 9.17) is 0 Å². The van der Waals surface area contributed by atoms with Crippen LogP contribution < -0.4 is 10.2 Å². The van der Waals surface area contributed by atoms with E-state index in [1.54, 1.807) is 30.3 Å². The molecular weight excluding hydrogens is 454 g/mol. The number of carbonyl (C=O) groups excluding carboxylic acids is 2. The summed E-state index contributed by atoms with van der Waals surface area (Å²) in [5.74, 6) is -1.13. The van der Waals surface area contributed by atoms with E-state index in [0.29, 0.717) is 17.1 Å². The molecule has 178 valence electrons. The number of benzene rings is 4. The highest BCUT2D eigenvalue weighted by atomic mass is 16.3. The van der Waals surface area contributed by atoms with Gasteiger partial charge in [-0.3, -0.25) is 9.59 Å². The van der Waals surface area contributed by atoms with Gasteiger partial charge in [0, 0.05) is 28.3 Å². The molecule has 2 amide bonds. The number of aromatic amines is 1. The van der Waals surface area contributed by atoms with Crippen molar-refractivity contribution >= 4 is 34.1 Å².